The molecule has 6 aliphatic heterocycles. The summed E-state index contributed by atoms with van der Waals surface area (Å²) in [6.07, 6.45) is -53.3. The van der Waals surface area contributed by atoms with E-state index >= 15 is 0 Å². The van der Waals surface area contributed by atoms with Gasteiger partial charge in [0.2, 0.25) is 18.2 Å². The number of aliphatic hydroxyl groups excluding tert-OH is 17. The second-order valence-corrected chi connectivity index (χ2v) is 19.7. The van der Waals surface area contributed by atoms with E-state index in [0.717, 1.165) is 13.8 Å². The van der Waals surface area contributed by atoms with Crippen LogP contribution in [0.15, 0.2) is 0 Å². The van der Waals surface area contributed by atoms with Crippen LogP contribution in [-0.2, 0) is 71.2 Å². The fourth-order valence-corrected chi connectivity index (χ4v) is 9.84. The molecule has 6 rings (SSSR count). The van der Waals surface area contributed by atoms with Crippen LogP contribution in [0, 0.1) is 0 Å². The molecule has 0 saturated carbocycles. The molecule has 0 aliphatic carbocycles. The first-order chi connectivity index (χ1) is 37.5. The van der Waals surface area contributed by atoms with E-state index in [4.69, 9.17) is 56.8 Å². The highest BCUT2D eigenvalue weighted by atomic mass is 16.8. The van der Waals surface area contributed by atoms with Gasteiger partial charge in [-0.15, -0.1) is 0 Å². The maximum absolute atomic E-state index is 12.7. The average Bonchev–Trinajstić information content (AvgIpc) is 3.54. The monoisotopic (exact) mass is 1160 g/mol. The highest BCUT2D eigenvalue weighted by Gasteiger charge is 2.59. The number of nitrogens with one attached hydrogen (secondary N) is 3. The first-order valence-electron chi connectivity index (χ1n) is 25.2. The Balaban J connectivity index is 1.34. The van der Waals surface area contributed by atoms with Crippen LogP contribution in [0.25, 0.3) is 0 Å². The molecule has 6 fully saturated rings. The smallest absolute Gasteiger partial charge is 0.217 e. The van der Waals surface area contributed by atoms with Crippen LogP contribution in [-0.4, -0.2) is 341 Å². The first kappa shape index (κ1) is 65.4. The zero-order valence-corrected chi connectivity index (χ0v) is 42.7. The predicted molar refractivity (Wildman–Crippen MR) is 245 cm³/mol. The normalized spacial score (nSPS) is 47.2. The van der Waals surface area contributed by atoms with E-state index in [1.54, 1.807) is 0 Å². The Hall–Kier alpha value is -2.75. The molecule has 79 heavy (non-hydrogen) atoms. The molecule has 35 nitrogen and oxygen atoms in total. The van der Waals surface area contributed by atoms with Gasteiger partial charge in [-0.25, -0.2) is 0 Å². The fraction of sp³-hybridized carbons (Fsp3) is 0.932. The van der Waals surface area contributed by atoms with Crippen LogP contribution in [0.1, 0.15) is 20.8 Å². The van der Waals surface area contributed by atoms with Crippen molar-refractivity contribution in [1.29, 1.82) is 0 Å². The third kappa shape index (κ3) is 14.8. The molecule has 3 amide bonds. The quantitative estimate of drug-likeness (QED) is 0.0423. The van der Waals surface area contributed by atoms with Crippen molar-refractivity contribution in [3.8, 4) is 0 Å². The summed E-state index contributed by atoms with van der Waals surface area (Å²) in [5, 5.41) is 192. The summed E-state index contributed by atoms with van der Waals surface area (Å²) in [6.45, 7) is -2.89. The number of rotatable bonds is 23. The molecule has 458 valence electrons. The lowest BCUT2D eigenvalue weighted by Gasteiger charge is -2.51. The van der Waals surface area contributed by atoms with E-state index in [0.29, 0.717) is 0 Å². The predicted octanol–water partition coefficient (Wildman–Crippen LogP) is -13.7. The number of ether oxygens (including phenoxy) is 12. The lowest BCUT2D eigenvalue weighted by Crippen LogP contribution is -2.71. The van der Waals surface area contributed by atoms with E-state index in [-0.39, 0.29) is 6.41 Å². The molecule has 6 aliphatic rings. The van der Waals surface area contributed by atoms with Gasteiger partial charge in [-0.1, -0.05) is 0 Å². The molecule has 0 aromatic rings. The van der Waals surface area contributed by atoms with Crippen LogP contribution in [0.3, 0.4) is 0 Å². The molecule has 0 bridgehead atoms. The Labute approximate surface area is 448 Å². The second-order valence-electron chi connectivity index (χ2n) is 19.7. The van der Waals surface area contributed by atoms with Gasteiger partial charge >= 0.3 is 0 Å². The molecule has 31 atom stereocenters. The Morgan fingerprint density at radius 1 is 0.430 bits per heavy atom. The van der Waals surface area contributed by atoms with Crippen molar-refractivity contribution >= 4 is 18.2 Å². The molecule has 0 radical (unpaired) electrons. The van der Waals surface area contributed by atoms with Crippen LogP contribution in [0.4, 0.5) is 0 Å². The fourth-order valence-electron chi connectivity index (χ4n) is 9.84. The molecule has 0 unspecified atom stereocenters. The van der Waals surface area contributed by atoms with Crippen molar-refractivity contribution in [2.75, 3.05) is 46.2 Å². The molecule has 20 N–H and O–H groups in total. The van der Waals surface area contributed by atoms with Crippen molar-refractivity contribution < 1.29 is 158 Å². The summed E-state index contributed by atoms with van der Waals surface area (Å²) >= 11 is 0. The van der Waals surface area contributed by atoms with Crippen molar-refractivity contribution in [3.63, 3.8) is 0 Å². The van der Waals surface area contributed by atoms with Crippen LogP contribution in [0.5, 0.6) is 0 Å². The second kappa shape index (κ2) is 29.2. The summed E-state index contributed by atoms with van der Waals surface area (Å²) in [5.41, 5.74) is 0. The number of aliphatic hydroxyl groups is 17. The summed E-state index contributed by atoms with van der Waals surface area (Å²) in [6, 6.07) is -4.44. The summed E-state index contributed by atoms with van der Waals surface area (Å²) < 4.78 is 70.1. The number of hydrogen-bond acceptors (Lipinski definition) is 32. The minimum absolute atomic E-state index is 0.262. The zero-order chi connectivity index (χ0) is 58.3. The van der Waals surface area contributed by atoms with E-state index in [9.17, 15) is 101 Å². The Morgan fingerprint density at radius 3 is 1.41 bits per heavy atom. The van der Waals surface area contributed by atoms with Gasteiger partial charge < -0.3 is 160 Å². The lowest BCUT2D eigenvalue weighted by atomic mass is 9.94. The van der Waals surface area contributed by atoms with E-state index in [1.165, 1.54) is 6.92 Å². The van der Waals surface area contributed by atoms with Crippen molar-refractivity contribution in [2.45, 2.75) is 211 Å². The molecule has 6 saturated heterocycles. The molecular formula is C44H75N3O32. The molecule has 0 spiro atoms. The third-order valence-electron chi connectivity index (χ3n) is 14.2. The maximum atomic E-state index is 12.7. The average molecular weight is 1160 g/mol. The molecule has 0 aromatic heterocycles. The van der Waals surface area contributed by atoms with E-state index < -0.39 is 248 Å². The minimum Gasteiger partial charge on any atom is -0.394 e. The van der Waals surface area contributed by atoms with Crippen molar-refractivity contribution in [2.24, 2.45) is 0 Å². The van der Waals surface area contributed by atoms with Crippen molar-refractivity contribution in [1.82, 2.24) is 16.0 Å². The number of carbonyl (C=O) groups is 3. The lowest BCUT2D eigenvalue weighted by molar-refractivity contribution is -0.401. The first-order valence-corrected chi connectivity index (χ1v) is 25.2. The summed E-state index contributed by atoms with van der Waals surface area (Å²) in [5.74, 6) is -1.65. The summed E-state index contributed by atoms with van der Waals surface area (Å²) in [4.78, 5) is 36.1. The maximum Gasteiger partial charge on any atom is 0.217 e. The van der Waals surface area contributed by atoms with Gasteiger partial charge in [0, 0.05) is 13.8 Å². The SMILES string of the molecule is CC(=O)N[C@H]1[C@H](O[C@@H]2[C@H](O[C@H]3O[C@H](CO)[C@H](O)[C@H](O[C@@H]4O[C@H](CO)[C@@H](O)[C@H](O[C@@H]5O[C@@H](C)[C@@H](O)[C@@H](O)[C@@H]5O)[C@H]4NC(C)=O)[C@H]3O)[C@@H](O)[C@H](O[C@H]3[C@H](O)[C@@H](O)[C@H](OC[C@@H](CO)NC=O)O[C@@H]3CO)O[C@@H]2CO)O[C@H](CO)[C@H](O)[C@@H]1O. The van der Waals surface area contributed by atoms with E-state index in [2.05, 4.69) is 16.0 Å². The molecule has 6 heterocycles. The van der Waals surface area contributed by atoms with Crippen molar-refractivity contribution in [3.05, 3.63) is 0 Å². The van der Waals surface area contributed by atoms with Gasteiger partial charge in [0.1, 0.15) is 140 Å². The number of hydrogen-bond donors (Lipinski definition) is 20. The Kier molecular flexibility index (Phi) is 24.2. The van der Waals surface area contributed by atoms with Gasteiger partial charge in [0.05, 0.1) is 58.4 Å². The highest BCUT2D eigenvalue weighted by molar-refractivity contribution is 5.73. The van der Waals surface area contributed by atoms with Crippen LogP contribution >= 0.6 is 0 Å². The number of amides is 3. The Bertz CT molecular complexity index is 1910. The van der Waals surface area contributed by atoms with Gasteiger partial charge in [0.25, 0.3) is 0 Å². The molecular weight excluding hydrogens is 1080 g/mol. The summed E-state index contributed by atoms with van der Waals surface area (Å²) in [7, 11) is 0. The highest BCUT2D eigenvalue weighted by Crippen LogP contribution is 2.38. The van der Waals surface area contributed by atoms with Gasteiger partial charge in [-0.05, 0) is 6.92 Å². The van der Waals surface area contributed by atoms with Gasteiger partial charge in [-0.3, -0.25) is 14.4 Å². The zero-order valence-electron chi connectivity index (χ0n) is 42.7. The minimum atomic E-state index is -2.35. The van der Waals surface area contributed by atoms with Gasteiger partial charge in [0.15, 0.2) is 37.7 Å². The van der Waals surface area contributed by atoms with Crippen LogP contribution in [0.2, 0.25) is 0 Å². The number of carbonyl (C=O) groups excluding carboxylic acids is 3. The molecule has 35 heteroatoms. The third-order valence-corrected chi connectivity index (χ3v) is 14.2. The molecule has 0 aromatic carbocycles. The van der Waals surface area contributed by atoms with Gasteiger partial charge in [-0.2, -0.15) is 0 Å². The van der Waals surface area contributed by atoms with E-state index in [1.807, 2.05) is 0 Å². The van der Waals surface area contributed by atoms with Crippen LogP contribution < -0.4 is 16.0 Å². The topological polar surface area (TPSA) is 542 Å². The standard InChI is InChI=1S/C44H75N3O32/c1-12-23(57)28(62)30(64)42(69-12)77-36-22(47-14(3)56)40(71-17(6-50)25(36)59)78-37-26(60)18(7-51)72-43(32(37)66)79-38-33(67)44(75-34-19(8-52)73-41(31(65)29(34)63)68-10-15(4-48)45-11-54)74-20(9-53)35(38)76-39-21(46-13(2)55)27(61)24(58)16(5-49)70-39/h11-12,15-44,48-53,57-67H,4-10H2,1-3H3,(H,45,54)(H,46,55)(H,47,56)/t12-,15+,16+,17+,18+,19+,20+,21+,22+,23+,24-,25+,26-,27+,28+,29+,30-,31+,32+,33+,34+,35-,36+,37-,38+,39-,40-,41+,42-,43+,44-/m0/s1. The Morgan fingerprint density at radius 2 is 0.848 bits per heavy atom. The largest absolute Gasteiger partial charge is 0.394 e.